The summed E-state index contributed by atoms with van der Waals surface area (Å²) in [5, 5.41) is 23.0. The summed E-state index contributed by atoms with van der Waals surface area (Å²) >= 11 is 0. The van der Waals surface area contributed by atoms with Crippen molar-refractivity contribution < 1.29 is 24.5 Å². The zero-order valence-electron chi connectivity index (χ0n) is 49.6. The van der Waals surface area contributed by atoms with Gasteiger partial charge in [-0.15, -0.1) is 0 Å². The van der Waals surface area contributed by atoms with E-state index in [1.165, 1.54) is 315 Å². The van der Waals surface area contributed by atoms with Gasteiger partial charge < -0.3 is 20.3 Å². The van der Waals surface area contributed by atoms with Crippen molar-refractivity contribution >= 4 is 11.9 Å². The van der Waals surface area contributed by atoms with Gasteiger partial charge in [-0.1, -0.05) is 347 Å². The van der Waals surface area contributed by atoms with Crippen molar-refractivity contribution in [2.24, 2.45) is 0 Å². The number of aliphatic hydroxyl groups is 2. The van der Waals surface area contributed by atoms with E-state index in [1.807, 2.05) is 6.08 Å². The van der Waals surface area contributed by atoms with E-state index in [4.69, 9.17) is 4.74 Å². The van der Waals surface area contributed by atoms with Gasteiger partial charge in [0.2, 0.25) is 5.91 Å². The molecule has 0 aromatic carbocycles. The summed E-state index contributed by atoms with van der Waals surface area (Å²) < 4.78 is 5.51. The highest BCUT2D eigenvalue weighted by atomic mass is 16.5. The molecule has 3 N–H and O–H groups in total. The number of ether oxygens (including phenoxy) is 1. The van der Waals surface area contributed by atoms with Gasteiger partial charge in [-0.25, -0.2) is 0 Å². The molecule has 0 saturated carbocycles. The van der Waals surface area contributed by atoms with Crippen molar-refractivity contribution in [2.75, 3.05) is 13.2 Å². The molecule has 0 aromatic heterocycles. The zero-order chi connectivity index (χ0) is 52.9. The van der Waals surface area contributed by atoms with Crippen LogP contribution in [0.2, 0.25) is 0 Å². The molecule has 2 unspecified atom stereocenters. The lowest BCUT2D eigenvalue weighted by Crippen LogP contribution is -2.45. The van der Waals surface area contributed by atoms with Crippen molar-refractivity contribution in [1.82, 2.24) is 5.32 Å². The second-order valence-electron chi connectivity index (χ2n) is 23.2. The summed E-state index contributed by atoms with van der Waals surface area (Å²) in [6.07, 6.45) is 77.2. The van der Waals surface area contributed by atoms with Crippen molar-refractivity contribution in [3.63, 3.8) is 0 Å². The van der Waals surface area contributed by atoms with Crippen LogP contribution in [0, 0.1) is 0 Å². The van der Waals surface area contributed by atoms with E-state index in [9.17, 15) is 19.8 Å². The van der Waals surface area contributed by atoms with E-state index in [0.717, 1.165) is 38.5 Å². The number of hydrogen-bond donors (Lipinski definition) is 3. The summed E-state index contributed by atoms with van der Waals surface area (Å²) in [6.45, 7) is 4.93. The Labute approximate surface area is 457 Å². The quantitative estimate of drug-likeness (QED) is 0.0320. The van der Waals surface area contributed by atoms with E-state index < -0.39 is 12.1 Å². The number of allylic oxidation sites excluding steroid dienone is 1. The summed E-state index contributed by atoms with van der Waals surface area (Å²) in [7, 11) is 0. The van der Waals surface area contributed by atoms with Gasteiger partial charge in [-0.2, -0.15) is 0 Å². The van der Waals surface area contributed by atoms with Crippen molar-refractivity contribution in [2.45, 2.75) is 392 Å². The van der Waals surface area contributed by atoms with E-state index >= 15 is 0 Å². The number of carbonyl (C=O) groups excluding carboxylic acids is 2. The topological polar surface area (TPSA) is 95.9 Å². The van der Waals surface area contributed by atoms with Crippen LogP contribution in [0.5, 0.6) is 0 Å². The van der Waals surface area contributed by atoms with Crippen molar-refractivity contribution in [3.05, 3.63) is 12.2 Å². The van der Waals surface area contributed by atoms with Gasteiger partial charge in [0.05, 0.1) is 25.4 Å². The normalized spacial score (nSPS) is 12.5. The fourth-order valence-corrected chi connectivity index (χ4v) is 10.7. The molecule has 0 spiro atoms. The van der Waals surface area contributed by atoms with Crippen molar-refractivity contribution in [3.8, 4) is 0 Å². The van der Waals surface area contributed by atoms with E-state index in [2.05, 4.69) is 19.2 Å². The predicted molar refractivity (Wildman–Crippen MR) is 320 cm³/mol. The van der Waals surface area contributed by atoms with E-state index in [1.54, 1.807) is 6.08 Å². The summed E-state index contributed by atoms with van der Waals surface area (Å²) in [5.74, 6) is -0.0419. The van der Waals surface area contributed by atoms with Crippen LogP contribution in [0.25, 0.3) is 0 Å². The molecule has 0 saturated heterocycles. The molecule has 0 aliphatic heterocycles. The molecule has 0 bridgehead atoms. The minimum Gasteiger partial charge on any atom is -0.466 e. The Kier molecular flexibility index (Phi) is 61.9. The largest absolute Gasteiger partial charge is 0.466 e. The molecule has 6 nitrogen and oxygen atoms in total. The number of aliphatic hydroxyl groups excluding tert-OH is 2. The van der Waals surface area contributed by atoms with Crippen LogP contribution in [0.4, 0.5) is 0 Å². The molecule has 0 fully saturated rings. The number of rotatable bonds is 63. The number of amides is 1. The lowest BCUT2D eigenvalue weighted by molar-refractivity contribution is -0.143. The molecule has 0 radical (unpaired) electrons. The Morgan fingerprint density at radius 1 is 0.370 bits per heavy atom. The number of nitrogens with one attached hydrogen (secondary N) is 1. The maximum Gasteiger partial charge on any atom is 0.305 e. The minimum absolute atomic E-state index is 0.0228. The standard InChI is InChI=1S/C67H131NO5/c1-3-5-7-9-11-13-15-16-17-18-31-34-37-41-45-49-53-57-61-67(72)73-62-58-54-50-46-42-38-35-32-29-27-25-23-21-19-20-22-24-26-28-30-33-36-40-44-48-52-56-60-66(71)68-64(63-69)65(70)59-55-51-47-43-39-14-12-10-8-6-4-2/h55,59,64-65,69-70H,3-54,56-58,60-63H2,1-2H3,(H,68,71)/b59-55+. The SMILES string of the molecule is CCCCCCCCCCC/C=C/C(O)C(CO)NC(=O)CCCCCCCCCCCCCCCCCCCCCCCCCCCCCOC(=O)CCCCCCCCCCCCCCCCCCCC. The van der Waals surface area contributed by atoms with E-state index in [-0.39, 0.29) is 18.5 Å². The third-order valence-electron chi connectivity index (χ3n) is 15.8. The third kappa shape index (κ3) is 59.7. The molecule has 0 rings (SSSR count). The van der Waals surface area contributed by atoms with Gasteiger partial charge >= 0.3 is 5.97 Å². The molecule has 73 heavy (non-hydrogen) atoms. The summed E-state index contributed by atoms with van der Waals surface area (Å²) in [5.41, 5.74) is 0. The van der Waals surface area contributed by atoms with Crippen LogP contribution in [0.1, 0.15) is 380 Å². The second kappa shape index (κ2) is 63.1. The monoisotopic (exact) mass is 1030 g/mol. The first kappa shape index (κ1) is 71.6. The maximum atomic E-state index is 12.4. The third-order valence-corrected chi connectivity index (χ3v) is 15.8. The van der Waals surface area contributed by atoms with Crippen LogP contribution < -0.4 is 5.32 Å². The molecule has 2 atom stereocenters. The average Bonchev–Trinajstić information content (AvgIpc) is 3.39. The Morgan fingerprint density at radius 3 is 0.932 bits per heavy atom. The zero-order valence-corrected chi connectivity index (χ0v) is 49.6. The molecular weight excluding hydrogens is 899 g/mol. The molecule has 0 aliphatic carbocycles. The lowest BCUT2D eigenvalue weighted by Gasteiger charge is -2.20. The number of unbranched alkanes of at least 4 members (excludes halogenated alkanes) is 52. The van der Waals surface area contributed by atoms with Gasteiger partial charge in [0.25, 0.3) is 0 Å². The van der Waals surface area contributed by atoms with Crippen LogP contribution in [0.15, 0.2) is 12.2 Å². The first-order valence-electron chi connectivity index (χ1n) is 33.5. The molecule has 0 aliphatic rings. The smallest absolute Gasteiger partial charge is 0.305 e. The summed E-state index contributed by atoms with van der Waals surface area (Å²) in [6, 6.07) is -0.623. The van der Waals surface area contributed by atoms with Gasteiger partial charge in [0, 0.05) is 12.8 Å². The Hall–Kier alpha value is -1.40. The second-order valence-corrected chi connectivity index (χ2v) is 23.2. The first-order chi connectivity index (χ1) is 36.0. The maximum absolute atomic E-state index is 12.4. The fourth-order valence-electron chi connectivity index (χ4n) is 10.7. The molecule has 0 heterocycles. The van der Waals surface area contributed by atoms with Gasteiger partial charge in [0.15, 0.2) is 0 Å². The van der Waals surface area contributed by atoms with Crippen molar-refractivity contribution in [1.29, 1.82) is 0 Å². The first-order valence-corrected chi connectivity index (χ1v) is 33.5. The molecule has 1 amide bonds. The van der Waals surface area contributed by atoms with E-state index in [0.29, 0.717) is 19.4 Å². The summed E-state index contributed by atoms with van der Waals surface area (Å²) in [4.78, 5) is 24.5. The van der Waals surface area contributed by atoms with Crippen LogP contribution in [0.3, 0.4) is 0 Å². The van der Waals surface area contributed by atoms with Crippen LogP contribution in [-0.2, 0) is 14.3 Å². The highest BCUT2D eigenvalue weighted by Crippen LogP contribution is 2.19. The lowest BCUT2D eigenvalue weighted by atomic mass is 10.0. The van der Waals surface area contributed by atoms with Crippen LogP contribution in [-0.4, -0.2) is 47.4 Å². The minimum atomic E-state index is -0.840. The number of esters is 1. The predicted octanol–water partition coefficient (Wildman–Crippen LogP) is 21.2. The Balaban J connectivity index is 3.31. The number of carbonyl (C=O) groups is 2. The fraction of sp³-hybridized carbons (Fsp3) is 0.940. The molecule has 0 aromatic rings. The van der Waals surface area contributed by atoms with Crippen LogP contribution >= 0.6 is 0 Å². The highest BCUT2D eigenvalue weighted by Gasteiger charge is 2.18. The molecule has 6 heteroatoms. The van der Waals surface area contributed by atoms with Gasteiger partial charge in [0.1, 0.15) is 0 Å². The van der Waals surface area contributed by atoms with Gasteiger partial charge in [-0.05, 0) is 32.1 Å². The van der Waals surface area contributed by atoms with Gasteiger partial charge in [-0.3, -0.25) is 9.59 Å². The average molecular weight is 1030 g/mol. The number of hydrogen-bond acceptors (Lipinski definition) is 5. The Bertz CT molecular complexity index is 1100. The Morgan fingerprint density at radius 2 is 0.630 bits per heavy atom. The highest BCUT2D eigenvalue weighted by molar-refractivity contribution is 5.76. The molecular formula is C67H131NO5. The molecule has 434 valence electrons.